The summed E-state index contributed by atoms with van der Waals surface area (Å²) < 4.78 is 0. The molecule has 1 aliphatic rings. The third-order valence-corrected chi connectivity index (χ3v) is 3.52. The maximum Gasteiger partial charge on any atom is 0.246 e. The Bertz CT molecular complexity index is 445. The highest BCUT2D eigenvalue weighted by molar-refractivity contribution is 6.30. The topological polar surface area (TPSA) is 46.3 Å². The number of benzene rings is 1. The molecular weight excluding hydrogens is 248 g/mol. The van der Waals surface area contributed by atoms with Crippen LogP contribution in [0.15, 0.2) is 30.3 Å². The molecule has 3 nitrogen and oxygen atoms in total. The number of nitrogens with zero attached hydrogens (tertiary/aromatic N) is 1. The average molecular weight is 265 g/mol. The molecule has 1 aliphatic heterocycles. The molecule has 96 valence electrons. The molecule has 4 heteroatoms. The zero-order chi connectivity index (χ0) is 13.1. The van der Waals surface area contributed by atoms with Gasteiger partial charge in [-0.1, -0.05) is 30.7 Å². The van der Waals surface area contributed by atoms with Crippen molar-refractivity contribution >= 4 is 23.6 Å². The fourth-order valence-corrected chi connectivity index (χ4v) is 2.14. The fraction of sp³-hybridized carbons (Fsp3) is 0.357. The van der Waals surface area contributed by atoms with Crippen molar-refractivity contribution in [2.24, 2.45) is 11.7 Å². The zero-order valence-electron chi connectivity index (χ0n) is 10.3. The molecule has 2 atom stereocenters. The summed E-state index contributed by atoms with van der Waals surface area (Å²) in [5.41, 5.74) is 6.86. The highest BCUT2D eigenvalue weighted by Crippen LogP contribution is 2.15. The van der Waals surface area contributed by atoms with Crippen LogP contribution in [0.1, 0.15) is 12.5 Å². The molecule has 18 heavy (non-hydrogen) atoms. The quantitative estimate of drug-likeness (QED) is 0.832. The number of rotatable bonds is 2. The van der Waals surface area contributed by atoms with Crippen LogP contribution in [0.2, 0.25) is 5.02 Å². The first-order valence-electron chi connectivity index (χ1n) is 6.04. The standard InChI is InChI=1S/C14H17ClN2O/c1-10-8-17(9-13(10)16)14(18)7-4-11-2-5-12(15)6-3-11/h2-7,10,13H,8-9,16H2,1H3/b7-4+. The molecule has 1 aromatic carbocycles. The van der Waals surface area contributed by atoms with Gasteiger partial charge in [0.25, 0.3) is 0 Å². The van der Waals surface area contributed by atoms with Gasteiger partial charge in [0, 0.05) is 30.2 Å². The lowest BCUT2D eigenvalue weighted by Crippen LogP contribution is -2.31. The molecule has 2 N–H and O–H groups in total. The Morgan fingerprint density at radius 2 is 2.06 bits per heavy atom. The van der Waals surface area contributed by atoms with Crippen LogP contribution in [0.3, 0.4) is 0 Å². The van der Waals surface area contributed by atoms with Crippen molar-refractivity contribution in [1.29, 1.82) is 0 Å². The van der Waals surface area contributed by atoms with E-state index < -0.39 is 0 Å². The summed E-state index contributed by atoms with van der Waals surface area (Å²) in [6.45, 7) is 3.46. The Kier molecular flexibility index (Phi) is 4.04. The van der Waals surface area contributed by atoms with Gasteiger partial charge >= 0.3 is 0 Å². The molecule has 2 unspecified atom stereocenters. The summed E-state index contributed by atoms with van der Waals surface area (Å²) in [6, 6.07) is 7.46. The molecule has 0 aromatic heterocycles. The lowest BCUT2D eigenvalue weighted by Gasteiger charge is -2.12. The molecule has 2 rings (SSSR count). The summed E-state index contributed by atoms with van der Waals surface area (Å²) in [6.07, 6.45) is 3.39. The van der Waals surface area contributed by atoms with Crippen molar-refractivity contribution in [3.05, 3.63) is 40.9 Å². The van der Waals surface area contributed by atoms with Crippen molar-refractivity contribution in [1.82, 2.24) is 4.90 Å². The first kappa shape index (κ1) is 13.1. The van der Waals surface area contributed by atoms with Crippen molar-refractivity contribution in [2.45, 2.75) is 13.0 Å². The smallest absolute Gasteiger partial charge is 0.246 e. The minimum Gasteiger partial charge on any atom is -0.337 e. The predicted octanol–water partition coefficient (Wildman–Crippen LogP) is 2.16. The van der Waals surface area contributed by atoms with Crippen LogP contribution in [0.4, 0.5) is 0 Å². The number of likely N-dealkylation sites (tertiary alicyclic amines) is 1. The van der Waals surface area contributed by atoms with E-state index in [4.69, 9.17) is 17.3 Å². The van der Waals surface area contributed by atoms with E-state index in [-0.39, 0.29) is 11.9 Å². The first-order valence-corrected chi connectivity index (χ1v) is 6.42. The number of halogens is 1. The van der Waals surface area contributed by atoms with Crippen LogP contribution in [0.5, 0.6) is 0 Å². The molecule has 1 aromatic rings. The number of nitrogens with two attached hydrogens (primary N) is 1. The molecular formula is C14H17ClN2O. The lowest BCUT2D eigenvalue weighted by molar-refractivity contribution is -0.125. The minimum absolute atomic E-state index is 0.0183. The summed E-state index contributed by atoms with van der Waals surface area (Å²) in [5, 5.41) is 0.692. The third-order valence-electron chi connectivity index (χ3n) is 3.27. The van der Waals surface area contributed by atoms with Gasteiger partial charge in [-0.15, -0.1) is 0 Å². The zero-order valence-corrected chi connectivity index (χ0v) is 11.1. The molecule has 0 aliphatic carbocycles. The van der Waals surface area contributed by atoms with Crippen LogP contribution in [-0.4, -0.2) is 29.9 Å². The maximum atomic E-state index is 11.9. The van der Waals surface area contributed by atoms with Crippen molar-refractivity contribution in [2.75, 3.05) is 13.1 Å². The minimum atomic E-state index is 0.0183. The molecule has 0 spiro atoms. The Morgan fingerprint density at radius 1 is 1.39 bits per heavy atom. The number of carbonyl (C=O) groups is 1. The lowest BCUT2D eigenvalue weighted by atomic mass is 10.1. The van der Waals surface area contributed by atoms with Gasteiger partial charge in [0.15, 0.2) is 0 Å². The maximum absolute atomic E-state index is 11.9. The third kappa shape index (κ3) is 3.12. The van der Waals surface area contributed by atoms with Gasteiger partial charge in [-0.2, -0.15) is 0 Å². The van der Waals surface area contributed by atoms with Crippen molar-refractivity contribution in [3.63, 3.8) is 0 Å². The van der Waals surface area contributed by atoms with E-state index >= 15 is 0 Å². The Hall–Kier alpha value is -1.32. The Labute approximate surface area is 112 Å². The summed E-state index contributed by atoms with van der Waals surface area (Å²) >= 11 is 5.80. The van der Waals surface area contributed by atoms with Gasteiger partial charge < -0.3 is 10.6 Å². The number of amides is 1. The molecule has 0 bridgehead atoms. The van der Waals surface area contributed by atoms with Crippen molar-refractivity contribution < 1.29 is 4.79 Å². The van der Waals surface area contributed by atoms with E-state index in [2.05, 4.69) is 6.92 Å². The molecule has 1 heterocycles. The fourth-order valence-electron chi connectivity index (χ4n) is 2.02. The van der Waals surface area contributed by atoms with Crippen LogP contribution in [-0.2, 0) is 4.79 Å². The molecule has 0 saturated carbocycles. The van der Waals surface area contributed by atoms with E-state index in [1.165, 1.54) is 0 Å². The Morgan fingerprint density at radius 3 is 2.61 bits per heavy atom. The average Bonchev–Trinajstić information content (AvgIpc) is 2.69. The Balaban J connectivity index is 1.97. The van der Waals surface area contributed by atoms with Gasteiger partial charge in [0.1, 0.15) is 0 Å². The van der Waals surface area contributed by atoms with E-state index in [1.54, 1.807) is 29.2 Å². The van der Waals surface area contributed by atoms with Crippen LogP contribution >= 0.6 is 11.6 Å². The van der Waals surface area contributed by atoms with Gasteiger partial charge in [0.2, 0.25) is 5.91 Å². The second-order valence-corrected chi connectivity index (χ2v) is 5.21. The number of hydrogen-bond donors (Lipinski definition) is 1. The van der Waals surface area contributed by atoms with E-state index in [9.17, 15) is 4.79 Å². The first-order chi connectivity index (χ1) is 8.56. The normalized spacial score (nSPS) is 23.8. The van der Waals surface area contributed by atoms with Crippen molar-refractivity contribution in [3.8, 4) is 0 Å². The van der Waals surface area contributed by atoms with E-state index in [1.807, 2.05) is 12.1 Å². The highest BCUT2D eigenvalue weighted by atomic mass is 35.5. The van der Waals surface area contributed by atoms with E-state index in [0.29, 0.717) is 17.5 Å². The molecule has 0 radical (unpaired) electrons. The highest BCUT2D eigenvalue weighted by Gasteiger charge is 2.28. The summed E-state index contributed by atoms with van der Waals surface area (Å²) in [7, 11) is 0. The molecule has 1 fully saturated rings. The van der Waals surface area contributed by atoms with Gasteiger partial charge in [0.05, 0.1) is 0 Å². The second-order valence-electron chi connectivity index (χ2n) is 4.77. The van der Waals surface area contributed by atoms with Crippen LogP contribution < -0.4 is 5.73 Å². The summed E-state index contributed by atoms with van der Waals surface area (Å²) in [5.74, 6) is 0.391. The van der Waals surface area contributed by atoms with Crippen LogP contribution in [0, 0.1) is 5.92 Å². The second kappa shape index (κ2) is 5.55. The van der Waals surface area contributed by atoms with E-state index in [0.717, 1.165) is 12.1 Å². The van der Waals surface area contributed by atoms with Gasteiger partial charge in [-0.25, -0.2) is 0 Å². The largest absolute Gasteiger partial charge is 0.337 e. The van der Waals surface area contributed by atoms with Gasteiger partial charge in [-0.05, 0) is 29.7 Å². The SMILES string of the molecule is CC1CN(C(=O)/C=C/c2ccc(Cl)cc2)CC1N. The predicted molar refractivity (Wildman–Crippen MR) is 74.2 cm³/mol. The van der Waals surface area contributed by atoms with Gasteiger partial charge in [-0.3, -0.25) is 4.79 Å². The molecule has 1 amide bonds. The van der Waals surface area contributed by atoms with Crippen LogP contribution in [0.25, 0.3) is 6.08 Å². The summed E-state index contributed by atoms with van der Waals surface area (Å²) in [4.78, 5) is 13.7. The number of hydrogen-bond acceptors (Lipinski definition) is 2. The molecule has 1 saturated heterocycles. The number of carbonyl (C=O) groups excluding carboxylic acids is 1. The monoisotopic (exact) mass is 264 g/mol.